The molecule has 1 aromatic carbocycles. The summed E-state index contributed by atoms with van der Waals surface area (Å²) in [6.45, 7) is 1.59. The van der Waals surface area contributed by atoms with E-state index < -0.39 is 5.97 Å². The number of carboxylic acids is 1. The molecule has 0 aliphatic carbocycles. The topological polar surface area (TPSA) is 97.4 Å². The molecular weight excluding hydrogens is 274 g/mol. The molecule has 1 aromatic heterocycles. The van der Waals surface area contributed by atoms with Crippen LogP contribution < -0.4 is 9.47 Å². The highest BCUT2D eigenvalue weighted by Crippen LogP contribution is 2.34. The van der Waals surface area contributed by atoms with Crippen LogP contribution in [0, 0.1) is 18.3 Å². The summed E-state index contributed by atoms with van der Waals surface area (Å²) in [5.41, 5.74) is 0.760. The summed E-state index contributed by atoms with van der Waals surface area (Å²) >= 11 is 0. The number of benzene rings is 1. The number of aryl methyl sites for hydroxylation is 2. The number of carboxylic acid groups (broad SMARTS) is 1. The number of nitrogens with zero attached hydrogens (tertiary/aromatic N) is 3. The predicted octanol–water partition coefficient (Wildman–Crippen LogP) is 2.10. The second-order valence-electron chi connectivity index (χ2n) is 4.27. The standard InChI is InChI=1S/C14H13N3O4/c1-8-12(14(18)19)13(17(2)16-8)21-10-5-4-9(7-15)6-11(10)20-3/h4-6H,1-3H3,(H,18,19). The largest absolute Gasteiger partial charge is 0.493 e. The molecule has 0 amide bonds. The third kappa shape index (κ3) is 2.65. The zero-order valence-electron chi connectivity index (χ0n) is 11.7. The molecule has 1 N–H and O–H groups in total. The van der Waals surface area contributed by atoms with Gasteiger partial charge in [-0.1, -0.05) is 0 Å². The van der Waals surface area contributed by atoms with Gasteiger partial charge in [0.25, 0.3) is 0 Å². The van der Waals surface area contributed by atoms with Gasteiger partial charge < -0.3 is 14.6 Å². The van der Waals surface area contributed by atoms with Crippen LogP contribution in [0.5, 0.6) is 17.4 Å². The average Bonchev–Trinajstić information content (AvgIpc) is 2.73. The summed E-state index contributed by atoms with van der Waals surface area (Å²) in [6.07, 6.45) is 0. The summed E-state index contributed by atoms with van der Waals surface area (Å²) in [5, 5.41) is 22.1. The molecule has 0 aliphatic rings. The highest BCUT2D eigenvalue weighted by molar-refractivity contribution is 5.91. The average molecular weight is 287 g/mol. The zero-order valence-corrected chi connectivity index (χ0v) is 11.7. The van der Waals surface area contributed by atoms with Crippen molar-refractivity contribution in [1.29, 1.82) is 5.26 Å². The number of hydrogen-bond donors (Lipinski definition) is 1. The maximum Gasteiger partial charge on any atom is 0.343 e. The number of aromatic carboxylic acids is 1. The van der Waals surface area contributed by atoms with Crippen molar-refractivity contribution in [3.63, 3.8) is 0 Å². The lowest BCUT2D eigenvalue weighted by Gasteiger charge is -2.11. The van der Waals surface area contributed by atoms with Gasteiger partial charge in [0.2, 0.25) is 5.88 Å². The Hall–Kier alpha value is -3.01. The van der Waals surface area contributed by atoms with Gasteiger partial charge in [-0.3, -0.25) is 0 Å². The second-order valence-corrected chi connectivity index (χ2v) is 4.27. The van der Waals surface area contributed by atoms with E-state index in [2.05, 4.69) is 5.10 Å². The highest BCUT2D eigenvalue weighted by atomic mass is 16.5. The third-order valence-corrected chi connectivity index (χ3v) is 2.88. The highest BCUT2D eigenvalue weighted by Gasteiger charge is 2.22. The van der Waals surface area contributed by atoms with E-state index in [9.17, 15) is 9.90 Å². The van der Waals surface area contributed by atoms with Gasteiger partial charge in [0, 0.05) is 13.1 Å². The Bertz CT molecular complexity index is 743. The van der Waals surface area contributed by atoms with Gasteiger partial charge >= 0.3 is 5.97 Å². The lowest BCUT2D eigenvalue weighted by Crippen LogP contribution is -2.02. The minimum absolute atomic E-state index is 0.0103. The molecule has 2 rings (SSSR count). The van der Waals surface area contributed by atoms with Crippen molar-refractivity contribution in [1.82, 2.24) is 9.78 Å². The summed E-state index contributed by atoms with van der Waals surface area (Å²) in [7, 11) is 3.03. The van der Waals surface area contributed by atoms with Crippen LogP contribution in [0.3, 0.4) is 0 Å². The van der Waals surface area contributed by atoms with Crippen LogP contribution in [-0.4, -0.2) is 28.0 Å². The molecule has 0 saturated carbocycles. The van der Waals surface area contributed by atoms with Crippen molar-refractivity contribution in [3.8, 4) is 23.4 Å². The Labute approximate surface area is 120 Å². The van der Waals surface area contributed by atoms with Crippen LogP contribution in [-0.2, 0) is 7.05 Å². The molecule has 0 unspecified atom stereocenters. The smallest absolute Gasteiger partial charge is 0.343 e. The normalized spacial score (nSPS) is 10.0. The summed E-state index contributed by atoms with van der Waals surface area (Å²) < 4.78 is 12.1. The molecule has 7 heteroatoms. The lowest BCUT2D eigenvalue weighted by atomic mass is 10.2. The van der Waals surface area contributed by atoms with E-state index >= 15 is 0 Å². The summed E-state index contributed by atoms with van der Waals surface area (Å²) in [5.74, 6) is -0.377. The number of carbonyl (C=O) groups is 1. The number of aromatic nitrogens is 2. The van der Waals surface area contributed by atoms with Crippen molar-refractivity contribution in [2.24, 2.45) is 7.05 Å². The maximum absolute atomic E-state index is 11.3. The first-order valence-electron chi connectivity index (χ1n) is 6.00. The van der Waals surface area contributed by atoms with Gasteiger partial charge in [0.05, 0.1) is 24.4 Å². The first-order chi connectivity index (χ1) is 9.97. The summed E-state index contributed by atoms with van der Waals surface area (Å²) in [4.78, 5) is 11.3. The van der Waals surface area contributed by atoms with E-state index in [1.807, 2.05) is 6.07 Å². The van der Waals surface area contributed by atoms with Gasteiger partial charge in [0.1, 0.15) is 5.56 Å². The SMILES string of the molecule is COc1cc(C#N)ccc1Oc1c(C(=O)O)c(C)nn1C. The molecule has 0 saturated heterocycles. The van der Waals surface area contributed by atoms with Crippen molar-refractivity contribution < 1.29 is 19.4 Å². The van der Waals surface area contributed by atoms with Crippen LogP contribution in [0.4, 0.5) is 0 Å². The fraction of sp³-hybridized carbons (Fsp3) is 0.214. The first-order valence-corrected chi connectivity index (χ1v) is 6.00. The Morgan fingerprint density at radius 3 is 2.71 bits per heavy atom. The molecule has 0 aliphatic heterocycles. The van der Waals surface area contributed by atoms with Gasteiger partial charge in [-0.2, -0.15) is 10.4 Å². The van der Waals surface area contributed by atoms with E-state index in [4.69, 9.17) is 14.7 Å². The fourth-order valence-corrected chi connectivity index (χ4v) is 1.93. The number of nitriles is 1. The van der Waals surface area contributed by atoms with Crippen molar-refractivity contribution in [3.05, 3.63) is 35.0 Å². The van der Waals surface area contributed by atoms with Crippen LogP contribution >= 0.6 is 0 Å². The Kier molecular flexibility index (Phi) is 3.80. The summed E-state index contributed by atoms with van der Waals surface area (Å²) in [6, 6.07) is 6.61. The van der Waals surface area contributed by atoms with E-state index in [1.54, 1.807) is 26.1 Å². The van der Waals surface area contributed by atoms with Crippen molar-refractivity contribution in [2.45, 2.75) is 6.92 Å². The van der Waals surface area contributed by atoms with Crippen molar-refractivity contribution >= 4 is 5.97 Å². The lowest BCUT2D eigenvalue weighted by molar-refractivity contribution is 0.0693. The van der Waals surface area contributed by atoms with Crippen LogP contribution in [0.15, 0.2) is 18.2 Å². The number of hydrogen-bond acceptors (Lipinski definition) is 5. The number of rotatable bonds is 4. The quantitative estimate of drug-likeness (QED) is 0.924. The van der Waals surface area contributed by atoms with E-state index in [0.717, 1.165) is 0 Å². The molecule has 0 radical (unpaired) electrons. The third-order valence-electron chi connectivity index (χ3n) is 2.88. The fourth-order valence-electron chi connectivity index (χ4n) is 1.93. The van der Waals surface area contributed by atoms with E-state index in [0.29, 0.717) is 22.8 Å². The monoisotopic (exact) mass is 287 g/mol. The molecule has 0 spiro atoms. The Balaban J connectivity index is 2.48. The molecule has 7 nitrogen and oxygen atoms in total. The van der Waals surface area contributed by atoms with Gasteiger partial charge in [-0.05, 0) is 19.1 Å². The minimum Gasteiger partial charge on any atom is -0.493 e. The molecular formula is C14H13N3O4. The first kappa shape index (κ1) is 14.4. The zero-order chi connectivity index (χ0) is 15.6. The predicted molar refractivity (Wildman–Crippen MR) is 72.7 cm³/mol. The van der Waals surface area contributed by atoms with E-state index in [-0.39, 0.29) is 11.4 Å². The molecule has 0 atom stereocenters. The Morgan fingerprint density at radius 1 is 1.43 bits per heavy atom. The van der Waals surface area contributed by atoms with Gasteiger partial charge in [-0.25, -0.2) is 9.48 Å². The molecule has 1 heterocycles. The van der Waals surface area contributed by atoms with E-state index in [1.165, 1.54) is 17.9 Å². The molecule has 21 heavy (non-hydrogen) atoms. The van der Waals surface area contributed by atoms with Crippen LogP contribution in [0.2, 0.25) is 0 Å². The maximum atomic E-state index is 11.3. The minimum atomic E-state index is -1.12. The number of ether oxygens (including phenoxy) is 2. The van der Waals surface area contributed by atoms with Crippen molar-refractivity contribution in [2.75, 3.05) is 7.11 Å². The number of methoxy groups -OCH3 is 1. The van der Waals surface area contributed by atoms with Crippen LogP contribution in [0.1, 0.15) is 21.6 Å². The molecule has 2 aromatic rings. The molecule has 108 valence electrons. The Morgan fingerprint density at radius 2 is 2.14 bits per heavy atom. The van der Waals surface area contributed by atoms with Gasteiger partial charge in [-0.15, -0.1) is 0 Å². The van der Waals surface area contributed by atoms with Crippen LogP contribution in [0.25, 0.3) is 0 Å². The molecule has 0 bridgehead atoms. The molecule has 0 fully saturated rings. The second kappa shape index (κ2) is 5.54. The van der Waals surface area contributed by atoms with Gasteiger partial charge in [0.15, 0.2) is 11.5 Å².